The van der Waals surface area contributed by atoms with Crippen LogP contribution in [-0.2, 0) is 14.3 Å². The van der Waals surface area contributed by atoms with Crippen molar-refractivity contribution in [1.82, 2.24) is 5.32 Å². The predicted octanol–water partition coefficient (Wildman–Crippen LogP) is 16.6. The Labute approximate surface area is 391 Å². The van der Waals surface area contributed by atoms with E-state index in [1.165, 1.54) is 148 Å². The van der Waals surface area contributed by atoms with Gasteiger partial charge in [0, 0.05) is 6.42 Å². The van der Waals surface area contributed by atoms with Crippen molar-refractivity contribution in [2.75, 3.05) is 6.61 Å². The van der Waals surface area contributed by atoms with Gasteiger partial charge in [-0.25, -0.2) is 0 Å². The molecule has 6 heteroatoms. The number of carbonyl (C=O) groups excluding carboxylic acids is 2. The van der Waals surface area contributed by atoms with Crippen molar-refractivity contribution in [1.29, 1.82) is 0 Å². The van der Waals surface area contributed by atoms with Gasteiger partial charge in [-0.1, -0.05) is 223 Å². The summed E-state index contributed by atoms with van der Waals surface area (Å²) in [6.45, 7) is 6.45. The van der Waals surface area contributed by atoms with Crippen molar-refractivity contribution in [2.24, 2.45) is 0 Å². The minimum atomic E-state index is -0.794. The number of rotatable bonds is 49. The maximum absolute atomic E-state index is 13.2. The maximum atomic E-state index is 13.2. The minimum absolute atomic E-state index is 0.0619. The van der Waals surface area contributed by atoms with Crippen LogP contribution in [0.1, 0.15) is 278 Å². The van der Waals surface area contributed by atoms with Gasteiger partial charge in [-0.15, -0.1) is 0 Å². The van der Waals surface area contributed by atoms with Gasteiger partial charge in [-0.05, 0) is 89.9 Å². The highest BCUT2D eigenvalue weighted by Crippen LogP contribution is 2.18. The largest absolute Gasteiger partial charge is 0.462 e. The Morgan fingerprint density at radius 3 is 1.27 bits per heavy atom. The monoisotopic (exact) mass is 884 g/mol. The Morgan fingerprint density at radius 2 is 0.810 bits per heavy atom. The van der Waals surface area contributed by atoms with E-state index in [0.29, 0.717) is 19.3 Å². The molecule has 3 atom stereocenters. The van der Waals surface area contributed by atoms with E-state index in [4.69, 9.17) is 4.74 Å². The smallest absolute Gasteiger partial charge is 0.306 e. The molecule has 368 valence electrons. The fourth-order valence-electron chi connectivity index (χ4n) is 8.20. The minimum Gasteiger partial charge on any atom is -0.462 e. The number of esters is 1. The molecule has 0 aromatic rings. The third-order valence-electron chi connectivity index (χ3n) is 12.4. The molecule has 0 aliphatic carbocycles. The Morgan fingerprint density at radius 1 is 0.460 bits per heavy atom. The lowest BCUT2D eigenvalue weighted by Crippen LogP contribution is -2.46. The van der Waals surface area contributed by atoms with Gasteiger partial charge in [-0.2, -0.15) is 0 Å². The number of hydrogen-bond donors (Lipinski definition) is 3. The normalized spacial score (nSPS) is 13.5. The number of allylic oxidation sites excluding steroid dienone is 8. The zero-order chi connectivity index (χ0) is 45.9. The third kappa shape index (κ3) is 46.2. The summed E-state index contributed by atoms with van der Waals surface area (Å²) < 4.78 is 5.94. The highest BCUT2D eigenvalue weighted by molar-refractivity contribution is 5.77. The molecule has 0 saturated carbocycles. The van der Waals surface area contributed by atoms with Crippen LogP contribution < -0.4 is 5.32 Å². The van der Waals surface area contributed by atoms with Gasteiger partial charge < -0.3 is 20.3 Å². The maximum Gasteiger partial charge on any atom is 0.306 e. The zero-order valence-corrected chi connectivity index (χ0v) is 42.0. The molecule has 0 aromatic carbocycles. The van der Waals surface area contributed by atoms with Crippen molar-refractivity contribution in [3.63, 3.8) is 0 Å². The Kier molecular flexibility index (Phi) is 49.1. The van der Waals surface area contributed by atoms with Crippen LogP contribution in [0.5, 0.6) is 0 Å². The van der Waals surface area contributed by atoms with E-state index in [1.54, 1.807) is 0 Å². The summed E-state index contributed by atoms with van der Waals surface area (Å²) in [5.74, 6) is -0.494. The average Bonchev–Trinajstić information content (AvgIpc) is 3.28. The number of nitrogens with one attached hydrogen (secondary N) is 1. The Balaban J connectivity index is 4.61. The first-order chi connectivity index (χ1) is 31.0. The van der Waals surface area contributed by atoms with Crippen molar-refractivity contribution >= 4 is 11.9 Å². The van der Waals surface area contributed by atoms with Crippen LogP contribution in [0, 0.1) is 0 Å². The second-order valence-corrected chi connectivity index (χ2v) is 18.6. The van der Waals surface area contributed by atoms with Gasteiger partial charge in [0.05, 0.1) is 25.2 Å². The second kappa shape index (κ2) is 50.8. The lowest BCUT2D eigenvalue weighted by atomic mass is 10.0. The highest BCUT2D eigenvalue weighted by atomic mass is 16.5. The molecule has 6 nitrogen and oxygen atoms in total. The first-order valence-electron chi connectivity index (χ1n) is 27.4. The number of carbonyl (C=O) groups is 2. The lowest BCUT2D eigenvalue weighted by Gasteiger charge is -2.24. The SMILES string of the molecule is CCCCC/C=C\C/C=C\C/C=C\CCCCCCC(CC(=O)NC(CO)C(O)CCCCCCCCCCCC)OC(=O)CCCCCCCCC/C=C/CCCCCCCC. The molecule has 0 rings (SSSR count). The molecule has 3 N–H and O–H groups in total. The van der Waals surface area contributed by atoms with E-state index < -0.39 is 18.2 Å². The molecule has 0 spiro atoms. The van der Waals surface area contributed by atoms with Gasteiger partial charge in [0.25, 0.3) is 0 Å². The van der Waals surface area contributed by atoms with Crippen molar-refractivity contribution in [3.8, 4) is 0 Å². The second-order valence-electron chi connectivity index (χ2n) is 18.6. The standard InChI is InChI=1S/C57H105NO5/c1-4-7-10-13-16-19-22-24-26-28-30-32-34-36-39-42-45-48-53(51-56(61)58-54(52-59)55(60)49-46-43-40-37-21-18-15-12-9-6-3)63-57(62)50-47-44-41-38-35-33-31-29-27-25-23-20-17-14-11-8-5-2/h16,19,24-27,30,32,53-55,59-60H,4-15,17-18,20-23,28-29,31,33-52H2,1-3H3,(H,58,61)/b19-16-,26-24-,27-25+,32-30-. The number of amides is 1. The molecule has 1 amide bonds. The fraction of sp³-hybridized carbons (Fsp3) is 0.825. The summed E-state index contributed by atoms with van der Waals surface area (Å²) in [5, 5.41) is 23.7. The zero-order valence-electron chi connectivity index (χ0n) is 42.0. The Bertz CT molecular complexity index is 1080. The highest BCUT2D eigenvalue weighted by Gasteiger charge is 2.24. The van der Waals surface area contributed by atoms with Crippen LogP contribution in [0.3, 0.4) is 0 Å². The molecule has 63 heavy (non-hydrogen) atoms. The van der Waals surface area contributed by atoms with Gasteiger partial charge in [0.2, 0.25) is 5.91 Å². The summed E-state index contributed by atoms with van der Waals surface area (Å²) in [7, 11) is 0. The van der Waals surface area contributed by atoms with Crippen LogP contribution in [0.2, 0.25) is 0 Å². The first kappa shape index (κ1) is 60.8. The summed E-state index contributed by atoms with van der Waals surface area (Å²) >= 11 is 0. The molecule has 0 fully saturated rings. The summed E-state index contributed by atoms with van der Waals surface area (Å²) in [6.07, 6.45) is 61.7. The number of aliphatic hydroxyl groups is 2. The van der Waals surface area contributed by atoms with Gasteiger partial charge in [-0.3, -0.25) is 9.59 Å². The van der Waals surface area contributed by atoms with Gasteiger partial charge >= 0.3 is 5.97 Å². The Hall–Kier alpha value is -2.18. The van der Waals surface area contributed by atoms with Crippen LogP contribution >= 0.6 is 0 Å². The molecule has 0 radical (unpaired) electrons. The van der Waals surface area contributed by atoms with Gasteiger partial charge in [0.1, 0.15) is 6.10 Å². The molecule has 0 bridgehead atoms. The van der Waals surface area contributed by atoms with E-state index in [2.05, 4.69) is 74.7 Å². The fourth-order valence-corrected chi connectivity index (χ4v) is 8.20. The quantitative estimate of drug-likeness (QED) is 0.0321. The predicted molar refractivity (Wildman–Crippen MR) is 273 cm³/mol. The average molecular weight is 884 g/mol. The summed E-state index contributed by atoms with van der Waals surface area (Å²) in [6, 6.07) is -0.709. The summed E-state index contributed by atoms with van der Waals surface area (Å²) in [4.78, 5) is 26.2. The molecule has 0 aliphatic heterocycles. The molecular weight excluding hydrogens is 779 g/mol. The number of hydrogen-bond acceptors (Lipinski definition) is 5. The topological polar surface area (TPSA) is 95.9 Å². The summed E-state index contributed by atoms with van der Waals surface area (Å²) in [5.41, 5.74) is 0. The third-order valence-corrected chi connectivity index (χ3v) is 12.4. The van der Waals surface area contributed by atoms with E-state index in [0.717, 1.165) is 83.5 Å². The van der Waals surface area contributed by atoms with Crippen LogP contribution in [0.4, 0.5) is 0 Å². The van der Waals surface area contributed by atoms with E-state index in [-0.39, 0.29) is 24.9 Å². The first-order valence-corrected chi connectivity index (χ1v) is 27.4. The van der Waals surface area contributed by atoms with Gasteiger partial charge in [0.15, 0.2) is 0 Å². The van der Waals surface area contributed by atoms with E-state index in [1.807, 2.05) is 0 Å². The number of ether oxygens (including phenoxy) is 1. The number of unbranched alkanes of at least 4 members (excludes halogenated alkanes) is 29. The number of aliphatic hydroxyl groups excluding tert-OH is 2. The van der Waals surface area contributed by atoms with E-state index >= 15 is 0 Å². The molecule has 0 aromatic heterocycles. The van der Waals surface area contributed by atoms with Crippen LogP contribution in [0.15, 0.2) is 48.6 Å². The molecular formula is C57H105NO5. The van der Waals surface area contributed by atoms with Crippen LogP contribution in [-0.4, -0.2) is 46.9 Å². The van der Waals surface area contributed by atoms with Crippen molar-refractivity contribution in [2.45, 2.75) is 296 Å². The van der Waals surface area contributed by atoms with Crippen molar-refractivity contribution in [3.05, 3.63) is 48.6 Å². The molecule has 0 heterocycles. The van der Waals surface area contributed by atoms with Crippen molar-refractivity contribution < 1.29 is 24.5 Å². The molecule has 3 unspecified atom stereocenters. The van der Waals surface area contributed by atoms with Crippen LogP contribution in [0.25, 0.3) is 0 Å². The lowest BCUT2D eigenvalue weighted by molar-refractivity contribution is -0.151. The molecule has 0 saturated heterocycles. The van der Waals surface area contributed by atoms with E-state index in [9.17, 15) is 19.8 Å². The molecule has 0 aliphatic rings.